The Labute approximate surface area is 132 Å². The summed E-state index contributed by atoms with van der Waals surface area (Å²) in [6, 6.07) is 7.23. The van der Waals surface area contributed by atoms with Crippen molar-refractivity contribution in [1.29, 1.82) is 0 Å². The fourth-order valence-corrected chi connectivity index (χ4v) is 1.98. The Kier molecular flexibility index (Phi) is 7.43. The molecule has 0 saturated heterocycles. The van der Waals surface area contributed by atoms with Gasteiger partial charge in [-0.15, -0.1) is 0 Å². The minimum atomic E-state index is -0.481. The first-order valence-electron chi connectivity index (χ1n) is 7.76. The van der Waals surface area contributed by atoms with Crippen LogP contribution in [0, 0.1) is 5.92 Å². The number of carbonyl (C=O) groups is 2. The van der Waals surface area contributed by atoms with Crippen LogP contribution in [0.15, 0.2) is 24.3 Å². The predicted molar refractivity (Wildman–Crippen MR) is 88.1 cm³/mol. The lowest BCUT2D eigenvalue weighted by atomic mass is 10.2. The fraction of sp³-hybridized carbons (Fsp3) is 0.529. The Hall–Kier alpha value is -2.04. The highest BCUT2D eigenvalue weighted by Crippen LogP contribution is 2.15. The SMILES string of the molecule is CCN(CC)c1ccc(C(=O)OCC(=O)NCC(C)C)cc1. The zero-order valence-electron chi connectivity index (χ0n) is 13.9. The van der Waals surface area contributed by atoms with E-state index in [1.807, 2.05) is 26.0 Å². The molecule has 0 aromatic heterocycles. The molecule has 0 atom stereocenters. The van der Waals surface area contributed by atoms with Crippen molar-refractivity contribution >= 4 is 17.6 Å². The number of rotatable bonds is 8. The second-order valence-electron chi connectivity index (χ2n) is 5.49. The Morgan fingerprint density at radius 2 is 1.73 bits per heavy atom. The summed E-state index contributed by atoms with van der Waals surface area (Å²) >= 11 is 0. The van der Waals surface area contributed by atoms with Gasteiger partial charge in [-0.2, -0.15) is 0 Å². The number of benzene rings is 1. The lowest BCUT2D eigenvalue weighted by molar-refractivity contribution is -0.124. The summed E-state index contributed by atoms with van der Waals surface area (Å²) in [4.78, 5) is 25.6. The van der Waals surface area contributed by atoms with Gasteiger partial charge < -0.3 is 15.0 Å². The van der Waals surface area contributed by atoms with Crippen molar-refractivity contribution in [2.24, 2.45) is 5.92 Å². The lowest BCUT2D eigenvalue weighted by Gasteiger charge is -2.20. The molecule has 0 heterocycles. The summed E-state index contributed by atoms with van der Waals surface area (Å²) in [7, 11) is 0. The molecular weight excluding hydrogens is 280 g/mol. The van der Waals surface area contributed by atoms with E-state index in [-0.39, 0.29) is 12.5 Å². The van der Waals surface area contributed by atoms with Crippen molar-refractivity contribution in [3.8, 4) is 0 Å². The highest BCUT2D eigenvalue weighted by atomic mass is 16.5. The van der Waals surface area contributed by atoms with Gasteiger partial charge in [-0.1, -0.05) is 13.8 Å². The minimum absolute atomic E-state index is 0.247. The molecule has 0 aliphatic carbocycles. The van der Waals surface area contributed by atoms with Crippen LogP contribution in [-0.2, 0) is 9.53 Å². The molecule has 22 heavy (non-hydrogen) atoms. The van der Waals surface area contributed by atoms with E-state index in [4.69, 9.17) is 4.74 Å². The largest absolute Gasteiger partial charge is 0.452 e. The number of ether oxygens (including phenoxy) is 1. The number of esters is 1. The van der Waals surface area contributed by atoms with Crippen molar-refractivity contribution in [1.82, 2.24) is 5.32 Å². The molecular formula is C17H26N2O3. The standard InChI is InChI=1S/C17H26N2O3/c1-5-19(6-2)15-9-7-14(8-10-15)17(21)22-12-16(20)18-11-13(3)4/h7-10,13H,5-6,11-12H2,1-4H3,(H,18,20). The summed E-state index contributed by atoms with van der Waals surface area (Å²) in [6.07, 6.45) is 0. The summed E-state index contributed by atoms with van der Waals surface area (Å²) in [5.74, 6) is -0.389. The van der Waals surface area contributed by atoms with Crippen LogP contribution in [0.5, 0.6) is 0 Å². The molecule has 0 unspecified atom stereocenters. The van der Waals surface area contributed by atoms with Gasteiger partial charge in [-0.05, 0) is 44.0 Å². The van der Waals surface area contributed by atoms with E-state index in [1.165, 1.54) is 0 Å². The third kappa shape index (κ3) is 5.76. The maximum absolute atomic E-state index is 11.9. The van der Waals surface area contributed by atoms with Crippen LogP contribution in [0.4, 0.5) is 5.69 Å². The quantitative estimate of drug-likeness (QED) is 0.750. The molecule has 5 nitrogen and oxygen atoms in total. The normalized spacial score (nSPS) is 10.4. The number of carbonyl (C=O) groups excluding carboxylic acids is 2. The molecule has 1 N–H and O–H groups in total. The Balaban J connectivity index is 2.50. The summed E-state index contributed by atoms with van der Waals surface area (Å²) in [6.45, 7) is 10.3. The van der Waals surface area contributed by atoms with Crippen molar-refractivity contribution in [3.63, 3.8) is 0 Å². The molecule has 5 heteroatoms. The third-order valence-electron chi connectivity index (χ3n) is 3.27. The highest BCUT2D eigenvalue weighted by molar-refractivity contribution is 5.91. The highest BCUT2D eigenvalue weighted by Gasteiger charge is 2.11. The molecule has 0 saturated carbocycles. The van der Waals surface area contributed by atoms with Gasteiger partial charge in [0.2, 0.25) is 0 Å². The Morgan fingerprint density at radius 1 is 1.14 bits per heavy atom. The first kappa shape index (κ1) is 18.0. The monoisotopic (exact) mass is 306 g/mol. The van der Waals surface area contributed by atoms with E-state index >= 15 is 0 Å². The van der Waals surface area contributed by atoms with Crippen molar-refractivity contribution < 1.29 is 14.3 Å². The lowest BCUT2D eigenvalue weighted by Crippen LogP contribution is -2.31. The first-order chi connectivity index (χ1) is 10.5. The van der Waals surface area contributed by atoms with Gasteiger partial charge in [-0.25, -0.2) is 4.79 Å². The number of anilines is 1. The van der Waals surface area contributed by atoms with Gasteiger partial charge >= 0.3 is 5.97 Å². The molecule has 122 valence electrons. The maximum atomic E-state index is 11.9. The van der Waals surface area contributed by atoms with E-state index < -0.39 is 5.97 Å². The molecule has 1 aromatic rings. The minimum Gasteiger partial charge on any atom is -0.452 e. The number of amides is 1. The van der Waals surface area contributed by atoms with Gasteiger partial charge in [0.15, 0.2) is 6.61 Å². The average Bonchev–Trinajstić information content (AvgIpc) is 2.52. The molecule has 0 bridgehead atoms. The van der Waals surface area contributed by atoms with Crippen LogP contribution in [0.25, 0.3) is 0 Å². The van der Waals surface area contributed by atoms with Crippen molar-refractivity contribution in [2.75, 3.05) is 31.1 Å². The van der Waals surface area contributed by atoms with Crippen molar-refractivity contribution in [3.05, 3.63) is 29.8 Å². The van der Waals surface area contributed by atoms with Crippen LogP contribution >= 0.6 is 0 Å². The Bertz CT molecular complexity index is 479. The molecule has 0 aliphatic rings. The first-order valence-corrected chi connectivity index (χ1v) is 7.76. The van der Waals surface area contributed by atoms with E-state index in [0.29, 0.717) is 18.0 Å². The number of hydrogen-bond donors (Lipinski definition) is 1. The molecule has 1 amide bonds. The van der Waals surface area contributed by atoms with Gasteiger partial charge in [0.1, 0.15) is 0 Å². The maximum Gasteiger partial charge on any atom is 0.338 e. The van der Waals surface area contributed by atoms with Crippen LogP contribution < -0.4 is 10.2 Å². The second kappa shape index (κ2) is 9.07. The van der Waals surface area contributed by atoms with E-state index in [1.54, 1.807) is 12.1 Å². The molecule has 0 spiro atoms. The molecule has 1 rings (SSSR count). The topological polar surface area (TPSA) is 58.6 Å². The number of nitrogens with zero attached hydrogens (tertiary/aromatic N) is 1. The predicted octanol–water partition coefficient (Wildman–Crippen LogP) is 2.46. The van der Waals surface area contributed by atoms with Gasteiger partial charge in [0, 0.05) is 25.3 Å². The smallest absolute Gasteiger partial charge is 0.338 e. The van der Waals surface area contributed by atoms with Gasteiger partial charge in [0.25, 0.3) is 5.91 Å². The number of nitrogens with one attached hydrogen (secondary N) is 1. The van der Waals surface area contributed by atoms with Crippen LogP contribution in [0.1, 0.15) is 38.1 Å². The van der Waals surface area contributed by atoms with Crippen LogP contribution in [0.3, 0.4) is 0 Å². The summed E-state index contributed by atoms with van der Waals surface area (Å²) in [5.41, 5.74) is 1.52. The molecule has 0 aliphatic heterocycles. The zero-order chi connectivity index (χ0) is 16.5. The average molecular weight is 306 g/mol. The second-order valence-corrected chi connectivity index (χ2v) is 5.49. The van der Waals surface area contributed by atoms with Gasteiger partial charge in [-0.3, -0.25) is 4.79 Å². The van der Waals surface area contributed by atoms with E-state index in [9.17, 15) is 9.59 Å². The van der Waals surface area contributed by atoms with Crippen LogP contribution in [-0.4, -0.2) is 38.1 Å². The summed E-state index contributed by atoms with van der Waals surface area (Å²) in [5, 5.41) is 2.71. The van der Waals surface area contributed by atoms with Crippen LogP contribution in [0.2, 0.25) is 0 Å². The molecule has 0 fully saturated rings. The van der Waals surface area contributed by atoms with Gasteiger partial charge in [0.05, 0.1) is 5.56 Å². The number of hydrogen-bond acceptors (Lipinski definition) is 4. The zero-order valence-corrected chi connectivity index (χ0v) is 13.9. The van der Waals surface area contributed by atoms with Crippen molar-refractivity contribution in [2.45, 2.75) is 27.7 Å². The van der Waals surface area contributed by atoms with E-state index in [2.05, 4.69) is 24.1 Å². The summed E-state index contributed by atoms with van der Waals surface area (Å²) < 4.78 is 5.01. The van der Waals surface area contributed by atoms with E-state index in [0.717, 1.165) is 18.8 Å². The Morgan fingerprint density at radius 3 is 2.23 bits per heavy atom. The third-order valence-corrected chi connectivity index (χ3v) is 3.27. The molecule has 0 radical (unpaired) electrons. The molecule has 1 aromatic carbocycles. The fourth-order valence-electron chi connectivity index (χ4n) is 1.98.